The standard InChI is InChI=1S/C11H18N4O2.C8H9N.C2H6/c12-10-7-9(8-11(13)14-10)17-6-3-15-1-4-16-5-2-15;1-7-3-2-4-8(5-7)6-9;1-2/h7-8H,1-6H2,(H4,12,13,14);2-6,9H,1H3;1-2H3. The SMILES string of the molecule is CC.Cc1cccc(C=N)c1.Nc1cc(OCCN2CCOCC2)cc(N)n1. The molecule has 0 amide bonds. The Bertz CT molecular complexity index is 683. The highest BCUT2D eigenvalue weighted by Crippen LogP contribution is 2.16. The number of nitrogens with two attached hydrogens (primary N) is 2. The first-order valence-electron chi connectivity index (χ1n) is 9.60. The lowest BCUT2D eigenvalue weighted by atomic mass is 10.2. The van der Waals surface area contributed by atoms with E-state index in [1.165, 1.54) is 11.8 Å². The number of benzene rings is 1. The molecule has 1 aliphatic heterocycles. The molecular formula is C21H33N5O2. The first kappa shape index (κ1) is 23.4. The highest BCUT2D eigenvalue weighted by molar-refractivity contribution is 5.76. The lowest BCUT2D eigenvalue weighted by molar-refractivity contribution is 0.0322. The van der Waals surface area contributed by atoms with Gasteiger partial charge in [-0.25, -0.2) is 4.98 Å². The number of pyridine rings is 1. The second-order valence-corrected chi connectivity index (χ2v) is 6.01. The van der Waals surface area contributed by atoms with Crippen LogP contribution < -0.4 is 16.2 Å². The Morgan fingerprint density at radius 1 is 1.14 bits per heavy atom. The highest BCUT2D eigenvalue weighted by atomic mass is 16.5. The summed E-state index contributed by atoms with van der Waals surface area (Å²) in [6.07, 6.45) is 1.35. The van der Waals surface area contributed by atoms with Gasteiger partial charge in [0.05, 0.1) is 13.2 Å². The fraction of sp³-hybridized carbons (Fsp3) is 0.429. The summed E-state index contributed by atoms with van der Waals surface area (Å²) >= 11 is 0. The van der Waals surface area contributed by atoms with Gasteiger partial charge in [-0.3, -0.25) is 4.90 Å². The number of anilines is 2. The van der Waals surface area contributed by atoms with Gasteiger partial charge in [0.25, 0.3) is 0 Å². The molecule has 1 aliphatic rings. The van der Waals surface area contributed by atoms with Gasteiger partial charge in [-0.2, -0.15) is 0 Å². The van der Waals surface area contributed by atoms with Crippen molar-refractivity contribution in [1.29, 1.82) is 5.41 Å². The van der Waals surface area contributed by atoms with Crippen LogP contribution in [0.25, 0.3) is 0 Å². The fourth-order valence-corrected chi connectivity index (χ4v) is 2.51. The Hall–Kier alpha value is -2.64. The average Bonchev–Trinajstić information content (AvgIpc) is 2.70. The molecule has 1 saturated heterocycles. The second-order valence-electron chi connectivity index (χ2n) is 6.01. The second kappa shape index (κ2) is 13.5. The van der Waals surface area contributed by atoms with E-state index in [-0.39, 0.29) is 0 Å². The molecule has 5 N–H and O–H groups in total. The zero-order valence-corrected chi connectivity index (χ0v) is 17.1. The number of morpholine rings is 1. The summed E-state index contributed by atoms with van der Waals surface area (Å²) in [5, 5.41) is 6.92. The van der Waals surface area contributed by atoms with Crippen molar-refractivity contribution >= 4 is 17.9 Å². The Labute approximate surface area is 168 Å². The van der Waals surface area contributed by atoms with Gasteiger partial charge in [0.15, 0.2) is 0 Å². The summed E-state index contributed by atoms with van der Waals surface area (Å²) in [5.74, 6) is 1.43. The smallest absolute Gasteiger partial charge is 0.129 e. The summed E-state index contributed by atoms with van der Waals surface area (Å²) in [7, 11) is 0. The van der Waals surface area contributed by atoms with Gasteiger partial charge in [-0.1, -0.05) is 43.7 Å². The van der Waals surface area contributed by atoms with Gasteiger partial charge < -0.3 is 26.4 Å². The van der Waals surface area contributed by atoms with Crippen LogP contribution in [0.1, 0.15) is 25.0 Å². The van der Waals surface area contributed by atoms with Crippen LogP contribution in [0, 0.1) is 12.3 Å². The zero-order valence-electron chi connectivity index (χ0n) is 17.1. The number of aryl methyl sites for hydroxylation is 1. The number of aromatic nitrogens is 1. The molecule has 0 bridgehead atoms. The number of hydrogen-bond donors (Lipinski definition) is 3. The van der Waals surface area contributed by atoms with E-state index in [2.05, 4.69) is 9.88 Å². The van der Waals surface area contributed by atoms with Crippen molar-refractivity contribution in [2.45, 2.75) is 20.8 Å². The maximum Gasteiger partial charge on any atom is 0.129 e. The third-order valence-electron chi connectivity index (χ3n) is 3.83. The number of ether oxygens (including phenoxy) is 2. The molecule has 0 atom stereocenters. The Balaban J connectivity index is 0.000000301. The molecule has 0 spiro atoms. The van der Waals surface area contributed by atoms with Crippen molar-refractivity contribution < 1.29 is 9.47 Å². The van der Waals surface area contributed by atoms with Gasteiger partial charge in [-0.05, 0) is 12.5 Å². The number of nitrogens with zero attached hydrogens (tertiary/aromatic N) is 2. The quantitative estimate of drug-likeness (QED) is 0.680. The van der Waals surface area contributed by atoms with E-state index < -0.39 is 0 Å². The normalized spacial score (nSPS) is 13.4. The predicted octanol–water partition coefficient (Wildman–Crippen LogP) is 2.98. The van der Waals surface area contributed by atoms with E-state index in [9.17, 15) is 0 Å². The predicted molar refractivity (Wildman–Crippen MR) is 116 cm³/mol. The number of hydrogen-bond acceptors (Lipinski definition) is 7. The van der Waals surface area contributed by atoms with Crippen molar-refractivity contribution in [3.63, 3.8) is 0 Å². The Morgan fingerprint density at radius 3 is 2.32 bits per heavy atom. The van der Waals surface area contributed by atoms with Crippen LogP contribution in [0.3, 0.4) is 0 Å². The van der Waals surface area contributed by atoms with Crippen LogP contribution in [0.4, 0.5) is 11.6 Å². The van der Waals surface area contributed by atoms with Crippen molar-refractivity contribution in [2.75, 3.05) is 50.9 Å². The van der Waals surface area contributed by atoms with Crippen molar-refractivity contribution in [3.8, 4) is 5.75 Å². The van der Waals surface area contributed by atoms with E-state index in [1.54, 1.807) is 12.1 Å². The molecule has 1 aromatic carbocycles. The minimum absolute atomic E-state index is 0.381. The molecule has 3 rings (SSSR count). The lowest BCUT2D eigenvalue weighted by Gasteiger charge is -2.26. The molecule has 1 aromatic heterocycles. The summed E-state index contributed by atoms with van der Waals surface area (Å²) in [6.45, 7) is 11.0. The fourth-order valence-electron chi connectivity index (χ4n) is 2.51. The maximum absolute atomic E-state index is 6.92. The zero-order chi connectivity index (χ0) is 20.8. The first-order valence-corrected chi connectivity index (χ1v) is 9.60. The molecule has 154 valence electrons. The Morgan fingerprint density at radius 2 is 1.79 bits per heavy atom. The minimum atomic E-state index is 0.381. The van der Waals surface area contributed by atoms with Gasteiger partial charge in [-0.15, -0.1) is 0 Å². The molecule has 0 unspecified atom stereocenters. The van der Waals surface area contributed by atoms with Crippen LogP contribution in [0.15, 0.2) is 36.4 Å². The lowest BCUT2D eigenvalue weighted by Crippen LogP contribution is -2.38. The van der Waals surface area contributed by atoms with Crippen molar-refractivity contribution in [2.24, 2.45) is 0 Å². The molecule has 1 fully saturated rings. The highest BCUT2D eigenvalue weighted by Gasteiger charge is 2.09. The number of nitrogens with one attached hydrogen (secondary N) is 1. The summed E-state index contributed by atoms with van der Waals surface area (Å²) < 4.78 is 10.9. The van der Waals surface area contributed by atoms with Gasteiger partial charge in [0, 0.05) is 38.0 Å². The topological polar surface area (TPSA) is 110 Å². The third-order valence-corrected chi connectivity index (χ3v) is 3.83. The third kappa shape index (κ3) is 9.34. The van der Waals surface area contributed by atoms with Crippen LogP contribution in [0.5, 0.6) is 5.75 Å². The molecule has 0 aliphatic carbocycles. The minimum Gasteiger partial charge on any atom is -0.492 e. The molecule has 0 radical (unpaired) electrons. The molecule has 2 aromatic rings. The number of rotatable bonds is 5. The van der Waals surface area contributed by atoms with Gasteiger partial charge in [0.2, 0.25) is 0 Å². The molecule has 7 heteroatoms. The van der Waals surface area contributed by atoms with Crippen molar-refractivity contribution in [3.05, 3.63) is 47.5 Å². The van der Waals surface area contributed by atoms with Crippen LogP contribution >= 0.6 is 0 Å². The van der Waals surface area contributed by atoms with E-state index in [0.717, 1.165) is 38.4 Å². The summed E-state index contributed by atoms with van der Waals surface area (Å²) in [5.41, 5.74) is 13.3. The largest absolute Gasteiger partial charge is 0.492 e. The Kier molecular flexibility index (Phi) is 11.3. The molecule has 0 saturated carbocycles. The van der Waals surface area contributed by atoms with E-state index in [0.29, 0.717) is 24.0 Å². The number of nitrogen functional groups attached to an aromatic ring is 2. The maximum atomic E-state index is 6.92. The van der Waals surface area contributed by atoms with E-state index in [4.69, 9.17) is 26.4 Å². The summed E-state index contributed by atoms with van der Waals surface area (Å²) in [6, 6.07) is 11.2. The average molecular weight is 388 g/mol. The summed E-state index contributed by atoms with van der Waals surface area (Å²) in [4.78, 5) is 6.18. The van der Waals surface area contributed by atoms with E-state index >= 15 is 0 Å². The van der Waals surface area contributed by atoms with E-state index in [1.807, 2.05) is 45.0 Å². The van der Waals surface area contributed by atoms with Crippen molar-refractivity contribution in [1.82, 2.24) is 9.88 Å². The molecular weight excluding hydrogens is 354 g/mol. The molecule has 2 heterocycles. The van der Waals surface area contributed by atoms with Crippen LogP contribution in [-0.4, -0.2) is 55.6 Å². The van der Waals surface area contributed by atoms with Gasteiger partial charge >= 0.3 is 0 Å². The van der Waals surface area contributed by atoms with Crippen LogP contribution in [0.2, 0.25) is 0 Å². The molecule has 28 heavy (non-hydrogen) atoms. The monoisotopic (exact) mass is 387 g/mol. The van der Waals surface area contributed by atoms with Gasteiger partial charge in [0.1, 0.15) is 24.0 Å². The van der Waals surface area contributed by atoms with Crippen LogP contribution in [-0.2, 0) is 4.74 Å². The first-order chi connectivity index (χ1) is 13.6. The molecule has 7 nitrogen and oxygen atoms in total.